The van der Waals surface area contributed by atoms with E-state index in [1.54, 1.807) is 25.3 Å². The molecule has 3 rings (SSSR count). The summed E-state index contributed by atoms with van der Waals surface area (Å²) in [5, 5.41) is 11.8. The van der Waals surface area contributed by atoms with Crippen LogP contribution in [-0.4, -0.2) is 46.6 Å². The van der Waals surface area contributed by atoms with E-state index >= 15 is 0 Å². The molecule has 0 saturated carbocycles. The average molecular weight is 446 g/mol. The summed E-state index contributed by atoms with van der Waals surface area (Å²) in [6.07, 6.45) is 2.30. The monoisotopic (exact) mass is 445 g/mol. The maximum atomic E-state index is 13.5. The van der Waals surface area contributed by atoms with Crippen molar-refractivity contribution in [3.05, 3.63) is 53.6 Å². The molecule has 0 spiro atoms. The highest BCUT2D eigenvalue weighted by Gasteiger charge is 2.48. The lowest BCUT2D eigenvalue weighted by Crippen LogP contribution is -2.42. The van der Waals surface area contributed by atoms with E-state index in [0.717, 1.165) is 24.1 Å². The third-order valence-electron chi connectivity index (χ3n) is 6.81. The highest BCUT2D eigenvalue weighted by Crippen LogP contribution is 2.49. The van der Waals surface area contributed by atoms with E-state index in [9.17, 15) is 13.5 Å². The topological polar surface area (TPSA) is 66.8 Å². The van der Waals surface area contributed by atoms with E-state index < -0.39 is 27.3 Å². The molecule has 0 saturated heterocycles. The smallest absolute Gasteiger partial charge is 0.179 e. The van der Waals surface area contributed by atoms with Crippen LogP contribution in [-0.2, 0) is 9.84 Å². The molecule has 0 aliphatic carbocycles. The Bertz CT molecular complexity index is 1000. The normalized spacial score (nSPS) is 24.8. The van der Waals surface area contributed by atoms with Gasteiger partial charge in [-0.15, -0.1) is 0 Å². The number of nitrogens with zero attached hydrogens (tertiary/aromatic N) is 1. The fourth-order valence-electron chi connectivity index (χ4n) is 4.82. The van der Waals surface area contributed by atoms with Crippen molar-refractivity contribution in [2.75, 3.05) is 31.9 Å². The summed E-state index contributed by atoms with van der Waals surface area (Å²) in [4.78, 5) is 2.33. The molecule has 31 heavy (non-hydrogen) atoms. The number of methoxy groups -OCH3 is 1. The second-order valence-corrected chi connectivity index (χ2v) is 10.8. The molecule has 0 amide bonds. The van der Waals surface area contributed by atoms with Crippen LogP contribution in [0, 0.1) is 5.41 Å². The average Bonchev–Trinajstić information content (AvgIpc) is 2.83. The summed E-state index contributed by atoms with van der Waals surface area (Å²) in [6, 6.07) is 13.2. The van der Waals surface area contributed by atoms with Crippen molar-refractivity contribution in [3.63, 3.8) is 0 Å². The van der Waals surface area contributed by atoms with Gasteiger partial charge in [-0.3, -0.25) is 0 Å². The molecule has 1 aliphatic heterocycles. The molecular formula is C25H35NO4S. The van der Waals surface area contributed by atoms with Crippen LogP contribution in [0.3, 0.4) is 0 Å². The van der Waals surface area contributed by atoms with Gasteiger partial charge < -0.3 is 14.7 Å². The van der Waals surface area contributed by atoms with Crippen molar-refractivity contribution in [3.8, 4) is 5.75 Å². The van der Waals surface area contributed by atoms with Gasteiger partial charge >= 0.3 is 0 Å². The van der Waals surface area contributed by atoms with Gasteiger partial charge in [0.25, 0.3) is 0 Å². The number of unbranched alkanes of at least 4 members (excludes halogenated alkanes) is 1. The van der Waals surface area contributed by atoms with Crippen molar-refractivity contribution in [2.24, 2.45) is 5.41 Å². The molecule has 5 nitrogen and oxygen atoms in total. The predicted molar refractivity (Wildman–Crippen MR) is 126 cm³/mol. The molecule has 1 heterocycles. The highest BCUT2D eigenvalue weighted by atomic mass is 32.2. The molecule has 3 atom stereocenters. The molecule has 1 unspecified atom stereocenters. The number of fused-ring (bicyclic) bond motifs is 1. The molecule has 1 N–H and O–H groups in total. The van der Waals surface area contributed by atoms with Crippen LogP contribution in [0.5, 0.6) is 5.75 Å². The third-order valence-corrected chi connectivity index (χ3v) is 8.81. The Balaban J connectivity index is 2.27. The molecular weight excluding hydrogens is 410 g/mol. The maximum absolute atomic E-state index is 13.5. The highest BCUT2D eigenvalue weighted by molar-refractivity contribution is 7.91. The van der Waals surface area contributed by atoms with E-state index in [2.05, 4.69) is 6.92 Å². The Morgan fingerprint density at radius 2 is 1.81 bits per heavy atom. The van der Waals surface area contributed by atoms with Crippen molar-refractivity contribution < 1.29 is 18.3 Å². The standard InChI is InChI=1S/C25H35NO4S/c1-6-8-15-25(7-2)17-31(28,29)22-14-13-20(30-5)16-21(22)23(24(25)27)18-9-11-19(12-10-18)26(3)4/h9-14,16,23-24,27H,6-8,15,17H2,1-5H3/t23-,24-,25?/m1/s1. The molecule has 0 aromatic heterocycles. The minimum atomic E-state index is -3.57. The van der Waals surface area contributed by atoms with Crippen LogP contribution < -0.4 is 9.64 Å². The van der Waals surface area contributed by atoms with E-state index in [-0.39, 0.29) is 5.75 Å². The molecule has 0 radical (unpaired) electrons. The first-order valence-corrected chi connectivity index (χ1v) is 12.7. The van der Waals surface area contributed by atoms with Crippen LogP contribution in [0.15, 0.2) is 47.4 Å². The van der Waals surface area contributed by atoms with Gasteiger partial charge in [-0.1, -0.05) is 38.8 Å². The lowest BCUT2D eigenvalue weighted by Gasteiger charge is -2.39. The van der Waals surface area contributed by atoms with Gasteiger partial charge in [0.1, 0.15) is 5.75 Å². The summed E-state index contributed by atoms with van der Waals surface area (Å²) >= 11 is 0. The molecule has 0 bridgehead atoms. The van der Waals surface area contributed by atoms with E-state index in [1.807, 2.05) is 50.2 Å². The zero-order valence-corrected chi connectivity index (χ0v) is 20.1. The second-order valence-electron chi connectivity index (χ2n) is 8.89. The fraction of sp³-hybridized carbons (Fsp3) is 0.520. The first kappa shape index (κ1) is 23.6. The summed E-state index contributed by atoms with van der Waals surface area (Å²) in [6.45, 7) is 4.09. The largest absolute Gasteiger partial charge is 0.497 e. The van der Waals surface area contributed by atoms with Crippen LogP contribution in [0.25, 0.3) is 0 Å². The van der Waals surface area contributed by atoms with Crippen LogP contribution in [0.1, 0.15) is 56.6 Å². The predicted octanol–water partition coefficient (Wildman–Crippen LogP) is 4.63. The number of ether oxygens (including phenoxy) is 1. The van der Waals surface area contributed by atoms with Gasteiger partial charge in [0, 0.05) is 31.1 Å². The van der Waals surface area contributed by atoms with Gasteiger partial charge in [0.05, 0.1) is 23.9 Å². The molecule has 2 aromatic carbocycles. The summed E-state index contributed by atoms with van der Waals surface area (Å²) < 4.78 is 32.5. The second kappa shape index (κ2) is 9.21. The van der Waals surface area contributed by atoms with Gasteiger partial charge in [0.2, 0.25) is 0 Å². The van der Waals surface area contributed by atoms with Gasteiger partial charge in [-0.05, 0) is 54.3 Å². The molecule has 6 heteroatoms. The summed E-state index contributed by atoms with van der Waals surface area (Å²) in [7, 11) is 1.96. The first-order valence-electron chi connectivity index (χ1n) is 11.0. The van der Waals surface area contributed by atoms with Gasteiger partial charge in [-0.2, -0.15) is 0 Å². The first-order chi connectivity index (χ1) is 14.7. The number of hydrogen-bond acceptors (Lipinski definition) is 5. The van der Waals surface area contributed by atoms with E-state index in [4.69, 9.17) is 4.74 Å². The lowest BCUT2D eigenvalue weighted by atomic mass is 9.69. The number of anilines is 1. The Hall–Kier alpha value is -2.05. The third kappa shape index (κ3) is 4.46. The zero-order chi connectivity index (χ0) is 22.8. The van der Waals surface area contributed by atoms with E-state index in [1.165, 1.54) is 0 Å². The number of aliphatic hydroxyl groups is 1. The van der Waals surface area contributed by atoms with Gasteiger partial charge in [-0.25, -0.2) is 8.42 Å². The number of sulfone groups is 1. The van der Waals surface area contributed by atoms with Crippen LogP contribution in [0.4, 0.5) is 5.69 Å². The minimum Gasteiger partial charge on any atom is -0.497 e. The van der Waals surface area contributed by atoms with Gasteiger partial charge in [0.15, 0.2) is 9.84 Å². The Morgan fingerprint density at radius 1 is 1.13 bits per heavy atom. The number of hydrogen-bond donors (Lipinski definition) is 1. The Kier molecular flexibility index (Phi) is 7.01. The SMILES string of the molecule is CCCCC1(CC)CS(=O)(=O)c2ccc(OC)cc2[C@@H](c2ccc(N(C)C)cc2)[C@H]1O. The number of aliphatic hydroxyl groups excluding tert-OH is 1. The molecule has 2 aromatic rings. The fourth-order valence-corrected chi connectivity index (χ4v) is 7.08. The Labute approximate surface area is 187 Å². The summed E-state index contributed by atoms with van der Waals surface area (Å²) in [5.41, 5.74) is 1.89. The zero-order valence-electron chi connectivity index (χ0n) is 19.3. The quantitative estimate of drug-likeness (QED) is 0.673. The minimum absolute atomic E-state index is 0.0384. The van der Waals surface area contributed by atoms with E-state index in [0.29, 0.717) is 29.1 Å². The molecule has 1 aliphatic rings. The molecule has 170 valence electrons. The number of benzene rings is 2. The Morgan fingerprint density at radius 3 is 2.35 bits per heavy atom. The van der Waals surface area contributed by atoms with Crippen LogP contribution in [0.2, 0.25) is 0 Å². The maximum Gasteiger partial charge on any atom is 0.179 e. The number of rotatable bonds is 7. The van der Waals surface area contributed by atoms with Crippen molar-refractivity contribution in [2.45, 2.75) is 56.4 Å². The van der Waals surface area contributed by atoms with Crippen LogP contribution >= 0.6 is 0 Å². The van der Waals surface area contributed by atoms with Crippen molar-refractivity contribution in [1.29, 1.82) is 0 Å². The lowest BCUT2D eigenvalue weighted by molar-refractivity contribution is 0.0174. The van der Waals surface area contributed by atoms with Crippen molar-refractivity contribution in [1.82, 2.24) is 0 Å². The molecule has 0 fully saturated rings. The summed E-state index contributed by atoms with van der Waals surface area (Å²) in [5.74, 6) is 0.104. The van der Waals surface area contributed by atoms with Crippen molar-refractivity contribution >= 4 is 15.5 Å².